The predicted octanol–water partition coefficient (Wildman–Crippen LogP) is 5.38. The van der Waals surface area contributed by atoms with Gasteiger partial charge in [-0.25, -0.2) is 14.0 Å². The van der Waals surface area contributed by atoms with Crippen molar-refractivity contribution in [2.24, 2.45) is 16.0 Å². The minimum atomic E-state index is -1.55. The van der Waals surface area contributed by atoms with E-state index in [2.05, 4.69) is 24.8 Å². The smallest absolute Gasteiger partial charge is 0.347 e. The van der Waals surface area contributed by atoms with Gasteiger partial charge in [-0.15, -0.1) is 10.1 Å². The molecule has 0 saturated carbocycles. The van der Waals surface area contributed by atoms with Gasteiger partial charge in [0.25, 0.3) is 5.09 Å². The number of thiocarbonyl (C=S) groups is 1. The highest BCUT2D eigenvalue weighted by Gasteiger charge is 2.19. The molecular formula is C29H24N6O8S2. The highest BCUT2D eigenvalue weighted by atomic mass is 32.2. The van der Waals surface area contributed by atoms with Crippen LogP contribution in [-0.4, -0.2) is 37.8 Å². The summed E-state index contributed by atoms with van der Waals surface area (Å²) in [6.07, 6.45) is 1.40. The molecule has 0 radical (unpaired) electrons. The third kappa shape index (κ3) is 9.97. The number of hydrogen-bond acceptors (Lipinski definition) is 12. The number of esters is 2. The lowest BCUT2D eigenvalue weighted by atomic mass is 10.1. The summed E-state index contributed by atoms with van der Waals surface area (Å²) < 4.78 is 26.2. The molecule has 0 fully saturated rings. The van der Waals surface area contributed by atoms with Gasteiger partial charge < -0.3 is 20.0 Å². The Bertz CT molecular complexity index is 1740. The van der Waals surface area contributed by atoms with Gasteiger partial charge in [0.15, 0.2) is 11.0 Å². The second kappa shape index (κ2) is 15.7. The quantitative estimate of drug-likeness (QED) is 0.0338. The van der Waals surface area contributed by atoms with Crippen LogP contribution in [0.15, 0.2) is 106 Å². The number of nitrogens with zero attached hydrogens (tertiary/aromatic N) is 4. The van der Waals surface area contributed by atoms with E-state index in [4.69, 9.17) is 27.4 Å². The maximum absolute atomic E-state index is 13.2. The first kappa shape index (κ1) is 32.3. The monoisotopic (exact) mass is 648 g/mol. The van der Waals surface area contributed by atoms with E-state index in [1.807, 2.05) is 0 Å². The summed E-state index contributed by atoms with van der Waals surface area (Å²) in [6.45, 7) is -0.295. The molecule has 0 aliphatic rings. The average Bonchev–Trinajstić information content (AvgIpc) is 3.03. The SMILES string of the molecule is NC(=S)c1ccc(OC(=O)c2cc(N=Nc3ccc(S(=O)Nc4ccccn4)cc3)ccc2OC(=O)CCCO[N+](=O)[O-])cc1. The molecule has 1 heterocycles. The van der Waals surface area contributed by atoms with Crippen molar-refractivity contribution < 1.29 is 33.2 Å². The third-order valence-electron chi connectivity index (χ3n) is 5.67. The Balaban J connectivity index is 1.50. The van der Waals surface area contributed by atoms with Crippen LogP contribution >= 0.6 is 12.2 Å². The minimum absolute atomic E-state index is 0.0207. The summed E-state index contributed by atoms with van der Waals surface area (Å²) in [4.78, 5) is 44.8. The Labute approximate surface area is 263 Å². The molecule has 1 unspecified atom stereocenters. The van der Waals surface area contributed by atoms with E-state index in [1.165, 1.54) is 30.3 Å². The van der Waals surface area contributed by atoms with Crippen molar-refractivity contribution >= 4 is 57.3 Å². The van der Waals surface area contributed by atoms with Crippen molar-refractivity contribution in [1.82, 2.24) is 4.98 Å². The van der Waals surface area contributed by atoms with Crippen LogP contribution in [0.25, 0.3) is 0 Å². The molecule has 45 heavy (non-hydrogen) atoms. The molecule has 1 atom stereocenters. The van der Waals surface area contributed by atoms with Gasteiger partial charge in [0.05, 0.1) is 22.9 Å². The molecule has 0 aliphatic heterocycles. The van der Waals surface area contributed by atoms with Crippen molar-refractivity contribution in [3.05, 3.63) is 112 Å². The molecule has 4 rings (SSSR count). The largest absolute Gasteiger partial charge is 0.426 e. The molecule has 3 N–H and O–H groups in total. The molecule has 14 nitrogen and oxygen atoms in total. The van der Waals surface area contributed by atoms with Crippen LogP contribution in [-0.2, 0) is 20.6 Å². The number of benzene rings is 3. The van der Waals surface area contributed by atoms with Crippen LogP contribution in [0, 0.1) is 10.1 Å². The molecule has 0 aliphatic carbocycles. The first-order chi connectivity index (χ1) is 21.7. The Morgan fingerprint density at radius 3 is 2.36 bits per heavy atom. The first-order valence-corrected chi connectivity index (χ1v) is 14.6. The van der Waals surface area contributed by atoms with Gasteiger partial charge in [-0.2, -0.15) is 10.2 Å². The number of aromatic nitrogens is 1. The summed E-state index contributed by atoms with van der Waals surface area (Å²) in [5.41, 5.74) is 6.72. The van der Waals surface area contributed by atoms with Crippen LogP contribution in [0.1, 0.15) is 28.8 Å². The van der Waals surface area contributed by atoms with E-state index in [1.54, 1.807) is 60.8 Å². The fraction of sp³-hybridized carbons (Fsp3) is 0.103. The number of nitrogens with two attached hydrogens (primary N) is 1. The van der Waals surface area contributed by atoms with Crippen LogP contribution in [0.5, 0.6) is 11.5 Å². The number of nitrogens with one attached hydrogen (secondary N) is 1. The van der Waals surface area contributed by atoms with Gasteiger partial charge in [-0.3, -0.25) is 9.52 Å². The number of carbonyl (C=O) groups excluding carboxylic acids is 2. The van der Waals surface area contributed by atoms with Crippen molar-refractivity contribution in [3.63, 3.8) is 0 Å². The van der Waals surface area contributed by atoms with E-state index < -0.39 is 28.0 Å². The zero-order valence-corrected chi connectivity index (χ0v) is 24.9. The molecule has 230 valence electrons. The average molecular weight is 649 g/mol. The molecule has 3 aromatic carbocycles. The van der Waals surface area contributed by atoms with Gasteiger partial charge in [-0.1, -0.05) is 18.3 Å². The van der Waals surface area contributed by atoms with Crippen molar-refractivity contribution in [2.45, 2.75) is 17.7 Å². The van der Waals surface area contributed by atoms with Crippen LogP contribution in [0.3, 0.4) is 0 Å². The number of azo groups is 1. The molecule has 0 bridgehead atoms. The van der Waals surface area contributed by atoms with E-state index in [0.717, 1.165) is 0 Å². The minimum Gasteiger partial charge on any atom is -0.426 e. The van der Waals surface area contributed by atoms with Crippen molar-refractivity contribution in [3.8, 4) is 11.5 Å². The number of rotatable bonds is 14. The summed E-state index contributed by atoms with van der Waals surface area (Å²) in [5, 5.41) is 17.7. The summed E-state index contributed by atoms with van der Waals surface area (Å²) in [5.74, 6) is -1.09. The molecule has 0 spiro atoms. The summed E-state index contributed by atoms with van der Waals surface area (Å²) in [6, 6.07) is 22.0. The topological polar surface area (TPSA) is 198 Å². The van der Waals surface area contributed by atoms with Crippen LogP contribution in [0.4, 0.5) is 17.2 Å². The Hall–Kier alpha value is -5.61. The molecule has 4 aromatic rings. The normalized spacial score (nSPS) is 11.4. The van der Waals surface area contributed by atoms with Crippen molar-refractivity contribution in [2.75, 3.05) is 11.3 Å². The lowest BCUT2D eigenvalue weighted by Gasteiger charge is -2.11. The molecule has 1 aromatic heterocycles. The zero-order chi connectivity index (χ0) is 32.2. The number of ether oxygens (including phenoxy) is 2. The molecule has 0 saturated heterocycles. The molecule has 16 heteroatoms. The maximum atomic E-state index is 13.2. The van der Waals surface area contributed by atoms with Gasteiger partial charge in [0, 0.05) is 18.2 Å². The summed E-state index contributed by atoms with van der Waals surface area (Å²) in [7, 11) is -1.55. The maximum Gasteiger partial charge on any atom is 0.347 e. The second-order valence-electron chi connectivity index (χ2n) is 8.87. The lowest BCUT2D eigenvalue weighted by molar-refractivity contribution is -0.757. The van der Waals surface area contributed by atoms with E-state index in [9.17, 15) is 23.9 Å². The van der Waals surface area contributed by atoms with Gasteiger partial charge in [0.1, 0.15) is 27.9 Å². The Morgan fingerprint density at radius 2 is 1.69 bits per heavy atom. The lowest BCUT2D eigenvalue weighted by Crippen LogP contribution is -2.15. The van der Waals surface area contributed by atoms with Gasteiger partial charge >= 0.3 is 11.9 Å². The Kier molecular flexibility index (Phi) is 11.3. The molecular weight excluding hydrogens is 624 g/mol. The van der Waals surface area contributed by atoms with E-state index >= 15 is 0 Å². The standard InChI is InChI=1S/C29H24N6O8S2/c30-28(44)19-6-11-22(12-7-19)42-29(37)24-18-21(10-15-25(24)43-27(36)5-3-17-41-35(38)39)33-32-20-8-13-23(14-9-20)45(40)34-26-4-1-2-16-31-26/h1-2,4,6-16,18H,3,5,17H2,(H2,30,44)(H,31,34). The number of carbonyl (C=O) groups is 2. The fourth-order valence-corrected chi connectivity index (χ4v) is 4.48. The number of anilines is 1. The highest BCUT2D eigenvalue weighted by molar-refractivity contribution is 7.86. The number of pyridine rings is 1. The third-order valence-corrected chi connectivity index (χ3v) is 7.00. The van der Waals surface area contributed by atoms with E-state index in [-0.39, 0.29) is 47.2 Å². The molecule has 0 amide bonds. The highest BCUT2D eigenvalue weighted by Crippen LogP contribution is 2.28. The van der Waals surface area contributed by atoms with Crippen LogP contribution < -0.4 is 19.9 Å². The number of hydrogen-bond donors (Lipinski definition) is 2. The Morgan fingerprint density at radius 1 is 0.978 bits per heavy atom. The first-order valence-electron chi connectivity index (χ1n) is 13.0. The van der Waals surface area contributed by atoms with Gasteiger partial charge in [0.2, 0.25) is 0 Å². The zero-order valence-electron chi connectivity index (χ0n) is 23.2. The fourth-order valence-electron chi connectivity index (χ4n) is 3.54. The second-order valence-corrected chi connectivity index (χ2v) is 10.5. The van der Waals surface area contributed by atoms with Crippen molar-refractivity contribution in [1.29, 1.82) is 0 Å². The predicted molar refractivity (Wildman–Crippen MR) is 166 cm³/mol. The van der Waals surface area contributed by atoms with Crippen LogP contribution in [0.2, 0.25) is 0 Å². The summed E-state index contributed by atoms with van der Waals surface area (Å²) >= 11 is 4.94. The van der Waals surface area contributed by atoms with E-state index in [0.29, 0.717) is 22.0 Å². The van der Waals surface area contributed by atoms with Gasteiger partial charge in [-0.05, 0) is 85.3 Å².